The first-order valence-electron chi connectivity index (χ1n) is 10.4. The highest BCUT2D eigenvalue weighted by Gasteiger charge is 2.62. The summed E-state index contributed by atoms with van der Waals surface area (Å²) < 4.78 is 6.27. The van der Waals surface area contributed by atoms with Gasteiger partial charge in [-0.2, -0.15) is 0 Å². The van der Waals surface area contributed by atoms with Gasteiger partial charge in [0, 0.05) is 0 Å². The Balaban J connectivity index is 1.73. The largest absolute Gasteiger partial charge is 0.393 e. The van der Waals surface area contributed by atoms with Crippen LogP contribution in [0.2, 0.25) is 0 Å². The number of allylic oxidation sites excluding steroid dienone is 2. The zero-order valence-electron chi connectivity index (χ0n) is 16.4. The molecule has 4 rings (SSSR count). The molecule has 0 aromatic carbocycles. The summed E-state index contributed by atoms with van der Waals surface area (Å²) in [7, 11) is 0. The molecule has 3 nitrogen and oxygen atoms in total. The van der Waals surface area contributed by atoms with Gasteiger partial charge in [0.2, 0.25) is 0 Å². The van der Waals surface area contributed by atoms with Gasteiger partial charge < -0.3 is 14.9 Å². The van der Waals surface area contributed by atoms with Gasteiger partial charge in [0.25, 0.3) is 0 Å². The second-order valence-electron chi connectivity index (χ2n) is 10.3. The average Bonchev–Trinajstić information content (AvgIpc) is 2.82. The number of hydrogen-bond acceptors (Lipinski definition) is 3. The highest BCUT2D eigenvalue weighted by Crippen LogP contribution is 2.66. The Morgan fingerprint density at radius 2 is 1.76 bits per heavy atom. The molecule has 142 valence electrons. The third-order valence-corrected chi connectivity index (χ3v) is 8.55. The van der Waals surface area contributed by atoms with Crippen LogP contribution in [0.4, 0.5) is 0 Å². The highest BCUT2D eigenvalue weighted by atomic mass is 16.6. The summed E-state index contributed by atoms with van der Waals surface area (Å²) in [5.74, 6) is 1.11. The van der Waals surface area contributed by atoms with E-state index in [0.717, 1.165) is 25.7 Å². The minimum atomic E-state index is -1.09. The fourth-order valence-electron chi connectivity index (χ4n) is 7.23. The third-order valence-electron chi connectivity index (χ3n) is 8.55. The van der Waals surface area contributed by atoms with E-state index >= 15 is 0 Å². The van der Waals surface area contributed by atoms with Gasteiger partial charge in [0.1, 0.15) is 0 Å². The Morgan fingerprint density at radius 3 is 2.48 bits per heavy atom. The van der Waals surface area contributed by atoms with Crippen molar-refractivity contribution in [1.82, 2.24) is 0 Å². The van der Waals surface area contributed by atoms with Gasteiger partial charge in [-0.15, -0.1) is 0 Å². The molecule has 0 saturated heterocycles. The molecule has 8 unspecified atom stereocenters. The smallest absolute Gasteiger partial charge is 0.160 e. The maximum absolute atomic E-state index is 10.7. The highest BCUT2D eigenvalue weighted by molar-refractivity contribution is 5.15. The molecular formula is C22H36O3. The van der Waals surface area contributed by atoms with E-state index in [0.29, 0.717) is 29.1 Å². The van der Waals surface area contributed by atoms with Crippen molar-refractivity contribution >= 4 is 0 Å². The Labute approximate surface area is 152 Å². The molecule has 0 aromatic rings. The van der Waals surface area contributed by atoms with Crippen LogP contribution in [0.1, 0.15) is 72.6 Å². The first-order chi connectivity index (χ1) is 11.7. The number of hydrogen-bond donors (Lipinski definition) is 2. The van der Waals surface area contributed by atoms with E-state index in [1.54, 1.807) is 13.8 Å². The van der Waals surface area contributed by atoms with Crippen molar-refractivity contribution < 1.29 is 14.9 Å². The van der Waals surface area contributed by atoms with Gasteiger partial charge in [-0.05, 0) is 93.3 Å². The topological polar surface area (TPSA) is 49.7 Å². The van der Waals surface area contributed by atoms with Gasteiger partial charge in [-0.3, -0.25) is 0 Å². The normalized spacial score (nSPS) is 52.4. The number of aliphatic hydroxyl groups excluding tert-OH is 1. The predicted molar refractivity (Wildman–Crippen MR) is 98.8 cm³/mol. The molecule has 0 spiro atoms. The lowest BCUT2D eigenvalue weighted by atomic mass is 9.45. The molecule has 3 fully saturated rings. The Bertz CT molecular complexity index is 550. The first-order valence-corrected chi connectivity index (χ1v) is 10.4. The molecule has 0 amide bonds. The van der Waals surface area contributed by atoms with E-state index in [9.17, 15) is 10.2 Å². The minimum absolute atomic E-state index is 0.0378. The van der Waals surface area contributed by atoms with Crippen LogP contribution in [0, 0.1) is 34.5 Å². The van der Waals surface area contributed by atoms with Crippen LogP contribution in [-0.4, -0.2) is 28.2 Å². The van der Waals surface area contributed by atoms with E-state index in [-0.39, 0.29) is 17.6 Å². The summed E-state index contributed by atoms with van der Waals surface area (Å²) in [6.07, 6.45) is 12.6. The number of aliphatic hydroxyl groups is 2. The molecule has 4 aliphatic rings. The second-order valence-corrected chi connectivity index (χ2v) is 10.3. The molecule has 0 heterocycles. The maximum Gasteiger partial charge on any atom is 0.160 e. The van der Waals surface area contributed by atoms with Crippen molar-refractivity contribution in [1.29, 1.82) is 0 Å². The fraction of sp³-hybridized carbons (Fsp3) is 0.909. The van der Waals surface area contributed by atoms with Crippen molar-refractivity contribution in [3.63, 3.8) is 0 Å². The third kappa shape index (κ3) is 2.73. The van der Waals surface area contributed by atoms with Gasteiger partial charge in [0.05, 0.1) is 12.2 Å². The van der Waals surface area contributed by atoms with E-state index in [2.05, 4.69) is 26.0 Å². The Kier molecular flexibility index (Phi) is 4.18. The van der Waals surface area contributed by atoms with E-state index in [4.69, 9.17) is 4.74 Å². The van der Waals surface area contributed by atoms with Crippen molar-refractivity contribution in [3.8, 4) is 0 Å². The number of fused-ring (bicyclic) bond motifs is 5. The van der Waals surface area contributed by atoms with Crippen LogP contribution in [-0.2, 0) is 4.74 Å². The second kappa shape index (κ2) is 5.81. The molecule has 8 atom stereocenters. The van der Waals surface area contributed by atoms with Crippen LogP contribution in [0.15, 0.2) is 12.2 Å². The SMILES string of the molecule is CC(C)(O)OC1CC2C=CCCC2(C)C2CCC3(C)C(O)CCC3C12. The lowest BCUT2D eigenvalue weighted by Crippen LogP contribution is -2.59. The quantitative estimate of drug-likeness (QED) is 0.578. The molecule has 2 N–H and O–H groups in total. The van der Waals surface area contributed by atoms with Crippen LogP contribution < -0.4 is 0 Å². The molecule has 3 heteroatoms. The number of ether oxygens (including phenoxy) is 1. The van der Waals surface area contributed by atoms with E-state index in [1.807, 2.05) is 0 Å². The van der Waals surface area contributed by atoms with Gasteiger partial charge >= 0.3 is 0 Å². The van der Waals surface area contributed by atoms with Crippen molar-refractivity contribution in [2.75, 3.05) is 0 Å². The van der Waals surface area contributed by atoms with Crippen LogP contribution in [0.5, 0.6) is 0 Å². The maximum atomic E-state index is 10.7. The molecule has 0 bridgehead atoms. The fourth-order valence-corrected chi connectivity index (χ4v) is 7.23. The van der Waals surface area contributed by atoms with Crippen LogP contribution >= 0.6 is 0 Å². The summed E-state index contributed by atoms with van der Waals surface area (Å²) in [6, 6.07) is 0. The van der Waals surface area contributed by atoms with Crippen LogP contribution in [0.25, 0.3) is 0 Å². The lowest BCUT2D eigenvalue weighted by molar-refractivity contribution is -0.259. The first kappa shape index (κ1) is 18.0. The van der Waals surface area contributed by atoms with Crippen molar-refractivity contribution in [2.45, 2.75) is 90.6 Å². The molecule has 0 radical (unpaired) electrons. The van der Waals surface area contributed by atoms with Crippen LogP contribution in [0.3, 0.4) is 0 Å². The standard InChI is InChI=1S/C22H36O3/c1-20(2,24)25-17-13-14-7-5-6-11-21(14,3)16-10-12-22(4)15(19(16)17)8-9-18(22)23/h5,7,14-19,23-24H,6,8-13H2,1-4H3. The summed E-state index contributed by atoms with van der Waals surface area (Å²) in [5, 5.41) is 21.1. The summed E-state index contributed by atoms with van der Waals surface area (Å²) in [4.78, 5) is 0. The molecule has 4 aliphatic carbocycles. The van der Waals surface area contributed by atoms with Crippen molar-refractivity contribution in [3.05, 3.63) is 12.2 Å². The zero-order chi connectivity index (χ0) is 18.0. The summed E-state index contributed by atoms with van der Waals surface area (Å²) >= 11 is 0. The zero-order valence-corrected chi connectivity index (χ0v) is 16.4. The lowest BCUT2D eigenvalue weighted by Gasteiger charge is -2.61. The molecule has 25 heavy (non-hydrogen) atoms. The molecule has 3 saturated carbocycles. The summed E-state index contributed by atoms with van der Waals surface area (Å²) in [6.45, 7) is 8.34. The summed E-state index contributed by atoms with van der Waals surface area (Å²) in [5.41, 5.74) is 0.393. The van der Waals surface area contributed by atoms with Gasteiger partial charge in [-0.1, -0.05) is 26.0 Å². The Hall–Kier alpha value is -0.380. The van der Waals surface area contributed by atoms with Crippen molar-refractivity contribution in [2.24, 2.45) is 34.5 Å². The van der Waals surface area contributed by atoms with E-state index < -0.39 is 5.79 Å². The van der Waals surface area contributed by atoms with Gasteiger partial charge in [0.15, 0.2) is 5.79 Å². The Morgan fingerprint density at radius 1 is 1.04 bits per heavy atom. The molecule has 0 aromatic heterocycles. The average molecular weight is 349 g/mol. The minimum Gasteiger partial charge on any atom is -0.393 e. The molecular weight excluding hydrogens is 312 g/mol. The van der Waals surface area contributed by atoms with E-state index in [1.165, 1.54) is 19.3 Å². The monoisotopic (exact) mass is 348 g/mol. The molecule has 0 aliphatic heterocycles. The predicted octanol–water partition coefficient (Wildman–Crippen LogP) is 4.28. The number of rotatable bonds is 2. The van der Waals surface area contributed by atoms with Gasteiger partial charge in [-0.25, -0.2) is 0 Å².